The van der Waals surface area contributed by atoms with E-state index in [1.807, 2.05) is 84.9 Å². The van der Waals surface area contributed by atoms with Gasteiger partial charge >= 0.3 is 0 Å². The average molecular weight is 344 g/mol. The molecule has 4 heteroatoms. The Morgan fingerprint density at radius 1 is 0.577 bits per heavy atom. The van der Waals surface area contributed by atoms with E-state index in [-0.39, 0.29) is 0 Å². The first-order valence-corrected chi connectivity index (χ1v) is 8.39. The van der Waals surface area contributed by atoms with Crippen LogP contribution in [0.5, 0.6) is 0 Å². The summed E-state index contributed by atoms with van der Waals surface area (Å²) in [6.07, 6.45) is 3.40. The zero-order chi connectivity index (χ0) is 17.9. The molecule has 0 bridgehead atoms. The summed E-state index contributed by atoms with van der Waals surface area (Å²) in [7, 11) is 0. The van der Waals surface area contributed by atoms with Crippen molar-refractivity contribution in [1.82, 2.24) is 0 Å². The van der Waals surface area contributed by atoms with Gasteiger partial charge in [-0.05, 0) is 28.3 Å². The SMILES string of the molecule is C(=N\OCc1cccc(CO/N=C/c2ccccc2)c1)/c1ccccc1. The van der Waals surface area contributed by atoms with Crippen molar-refractivity contribution in [2.24, 2.45) is 10.3 Å². The molecule has 3 aromatic rings. The summed E-state index contributed by atoms with van der Waals surface area (Å²) in [5.41, 5.74) is 4.07. The molecule has 0 aliphatic rings. The smallest absolute Gasteiger partial charge is 0.142 e. The molecule has 0 aliphatic carbocycles. The molecule has 3 rings (SSSR count). The van der Waals surface area contributed by atoms with Crippen molar-refractivity contribution in [1.29, 1.82) is 0 Å². The van der Waals surface area contributed by atoms with Gasteiger partial charge in [-0.15, -0.1) is 0 Å². The molecule has 0 fully saturated rings. The molecule has 0 heterocycles. The molecule has 0 radical (unpaired) electrons. The molecule has 130 valence electrons. The Bertz CT molecular complexity index is 778. The van der Waals surface area contributed by atoms with Gasteiger partial charge < -0.3 is 9.68 Å². The molecule has 0 atom stereocenters. The first kappa shape index (κ1) is 17.4. The van der Waals surface area contributed by atoms with E-state index in [4.69, 9.17) is 9.68 Å². The van der Waals surface area contributed by atoms with Crippen LogP contribution in [-0.4, -0.2) is 12.4 Å². The van der Waals surface area contributed by atoms with Crippen molar-refractivity contribution in [3.05, 3.63) is 107 Å². The molecule has 0 amide bonds. The maximum atomic E-state index is 5.36. The normalized spacial score (nSPS) is 11.1. The van der Waals surface area contributed by atoms with Crippen LogP contribution in [0.1, 0.15) is 22.3 Å². The van der Waals surface area contributed by atoms with Crippen LogP contribution in [-0.2, 0) is 22.9 Å². The van der Waals surface area contributed by atoms with Crippen LogP contribution >= 0.6 is 0 Å². The number of nitrogens with zero attached hydrogens (tertiary/aromatic N) is 2. The third kappa shape index (κ3) is 5.91. The first-order chi connectivity index (χ1) is 12.9. The second kappa shape index (κ2) is 9.79. The fourth-order valence-electron chi connectivity index (χ4n) is 2.31. The van der Waals surface area contributed by atoms with Gasteiger partial charge in [0.1, 0.15) is 13.2 Å². The van der Waals surface area contributed by atoms with Gasteiger partial charge in [-0.25, -0.2) is 0 Å². The number of hydrogen-bond acceptors (Lipinski definition) is 4. The Hall–Kier alpha value is -3.40. The lowest BCUT2D eigenvalue weighted by Gasteiger charge is -2.04. The largest absolute Gasteiger partial charge is 0.391 e. The molecule has 0 saturated heterocycles. The molecule has 0 unspecified atom stereocenters. The summed E-state index contributed by atoms with van der Waals surface area (Å²) in [5, 5.41) is 7.99. The van der Waals surface area contributed by atoms with Crippen molar-refractivity contribution < 1.29 is 9.68 Å². The Balaban J connectivity index is 1.45. The van der Waals surface area contributed by atoms with Gasteiger partial charge in [0.15, 0.2) is 0 Å². The summed E-state index contributed by atoms with van der Waals surface area (Å²) in [5.74, 6) is 0. The molecule has 0 aromatic heterocycles. The highest BCUT2D eigenvalue weighted by Gasteiger charge is 1.97. The standard InChI is InChI=1S/C22H20N2O2/c1-3-8-19(9-4-1)15-23-25-17-21-12-7-13-22(14-21)18-26-24-16-20-10-5-2-6-11-20/h1-16H,17-18H2/b23-15+,24-16+. The van der Waals surface area contributed by atoms with Crippen molar-refractivity contribution >= 4 is 12.4 Å². The molecule has 0 N–H and O–H groups in total. The van der Waals surface area contributed by atoms with E-state index in [2.05, 4.69) is 10.3 Å². The van der Waals surface area contributed by atoms with Gasteiger partial charge in [0, 0.05) is 0 Å². The molecule has 3 aromatic carbocycles. The third-order valence-corrected chi connectivity index (χ3v) is 3.61. The van der Waals surface area contributed by atoms with Crippen LogP contribution < -0.4 is 0 Å². The molecule has 0 saturated carbocycles. The minimum absolute atomic E-state index is 0.407. The lowest BCUT2D eigenvalue weighted by Crippen LogP contribution is -1.93. The Morgan fingerprint density at radius 3 is 1.50 bits per heavy atom. The van der Waals surface area contributed by atoms with E-state index in [0.29, 0.717) is 13.2 Å². The first-order valence-electron chi connectivity index (χ1n) is 8.39. The van der Waals surface area contributed by atoms with Crippen LogP contribution in [0.4, 0.5) is 0 Å². The highest BCUT2D eigenvalue weighted by molar-refractivity contribution is 5.79. The second-order valence-corrected chi connectivity index (χ2v) is 5.66. The van der Waals surface area contributed by atoms with E-state index in [1.54, 1.807) is 12.4 Å². The molecule has 4 nitrogen and oxygen atoms in total. The van der Waals surface area contributed by atoms with Gasteiger partial charge in [0.2, 0.25) is 0 Å². The van der Waals surface area contributed by atoms with Crippen LogP contribution in [0.3, 0.4) is 0 Å². The van der Waals surface area contributed by atoms with Crippen molar-refractivity contribution in [3.63, 3.8) is 0 Å². The van der Waals surface area contributed by atoms with Crippen molar-refractivity contribution in [2.75, 3.05) is 0 Å². The predicted molar refractivity (Wildman–Crippen MR) is 104 cm³/mol. The maximum absolute atomic E-state index is 5.36. The fourth-order valence-corrected chi connectivity index (χ4v) is 2.31. The topological polar surface area (TPSA) is 43.2 Å². The maximum Gasteiger partial charge on any atom is 0.142 e. The summed E-state index contributed by atoms with van der Waals surface area (Å²) in [4.78, 5) is 10.7. The van der Waals surface area contributed by atoms with Gasteiger partial charge in [0.25, 0.3) is 0 Å². The fraction of sp³-hybridized carbons (Fsp3) is 0.0909. The van der Waals surface area contributed by atoms with Crippen LogP contribution in [0.25, 0.3) is 0 Å². The monoisotopic (exact) mass is 344 g/mol. The average Bonchev–Trinajstić information content (AvgIpc) is 2.71. The van der Waals surface area contributed by atoms with Gasteiger partial charge in [-0.1, -0.05) is 89.2 Å². The van der Waals surface area contributed by atoms with Crippen LogP contribution in [0, 0.1) is 0 Å². The zero-order valence-corrected chi connectivity index (χ0v) is 14.4. The van der Waals surface area contributed by atoms with Crippen LogP contribution in [0.15, 0.2) is 95.2 Å². The van der Waals surface area contributed by atoms with E-state index in [9.17, 15) is 0 Å². The molecular weight excluding hydrogens is 324 g/mol. The van der Waals surface area contributed by atoms with Gasteiger partial charge in [-0.3, -0.25) is 0 Å². The number of benzene rings is 3. The number of oxime groups is 2. The Labute approximate surface area is 153 Å². The summed E-state index contributed by atoms with van der Waals surface area (Å²) in [6, 6.07) is 27.7. The number of hydrogen-bond donors (Lipinski definition) is 0. The Kier molecular flexibility index (Phi) is 6.56. The molecule has 0 aliphatic heterocycles. The summed E-state index contributed by atoms with van der Waals surface area (Å²) < 4.78 is 0. The summed E-state index contributed by atoms with van der Waals surface area (Å²) >= 11 is 0. The highest BCUT2D eigenvalue weighted by atomic mass is 16.6. The molecule has 0 spiro atoms. The lowest BCUT2D eigenvalue weighted by atomic mass is 10.1. The minimum Gasteiger partial charge on any atom is -0.391 e. The van der Waals surface area contributed by atoms with Crippen LogP contribution in [0.2, 0.25) is 0 Å². The quantitative estimate of drug-likeness (QED) is 0.436. The van der Waals surface area contributed by atoms with Gasteiger partial charge in [-0.2, -0.15) is 0 Å². The summed E-state index contributed by atoms with van der Waals surface area (Å²) in [6.45, 7) is 0.814. The van der Waals surface area contributed by atoms with Gasteiger partial charge in [0.05, 0.1) is 12.4 Å². The second-order valence-electron chi connectivity index (χ2n) is 5.66. The van der Waals surface area contributed by atoms with Crippen molar-refractivity contribution in [3.8, 4) is 0 Å². The number of rotatable bonds is 8. The van der Waals surface area contributed by atoms with E-state index in [0.717, 1.165) is 22.3 Å². The van der Waals surface area contributed by atoms with E-state index < -0.39 is 0 Å². The van der Waals surface area contributed by atoms with E-state index in [1.165, 1.54) is 0 Å². The Morgan fingerprint density at radius 2 is 1.04 bits per heavy atom. The predicted octanol–water partition coefficient (Wildman–Crippen LogP) is 4.79. The zero-order valence-electron chi connectivity index (χ0n) is 14.4. The van der Waals surface area contributed by atoms with E-state index >= 15 is 0 Å². The molecule has 26 heavy (non-hydrogen) atoms. The third-order valence-electron chi connectivity index (χ3n) is 3.61. The minimum atomic E-state index is 0.407. The molecular formula is C22H20N2O2. The highest BCUT2D eigenvalue weighted by Crippen LogP contribution is 2.08. The lowest BCUT2D eigenvalue weighted by molar-refractivity contribution is 0.128. The van der Waals surface area contributed by atoms with Crippen molar-refractivity contribution in [2.45, 2.75) is 13.2 Å².